The van der Waals surface area contributed by atoms with E-state index < -0.39 is 17.3 Å². The summed E-state index contributed by atoms with van der Waals surface area (Å²) in [5.41, 5.74) is 8.13. The van der Waals surface area contributed by atoms with E-state index in [4.69, 9.17) is 10.7 Å². The van der Waals surface area contributed by atoms with Gasteiger partial charge in [0.2, 0.25) is 0 Å². The highest BCUT2D eigenvalue weighted by Crippen LogP contribution is 2.37. The highest BCUT2D eigenvalue weighted by atomic mass is 32.2. The molecular formula is C21H27FN4OS. The van der Waals surface area contributed by atoms with Gasteiger partial charge in [0.15, 0.2) is 0 Å². The van der Waals surface area contributed by atoms with Gasteiger partial charge in [-0.05, 0) is 51.0 Å². The molecule has 2 heterocycles. The fourth-order valence-electron chi connectivity index (χ4n) is 2.99. The molecule has 2 atom stereocenters. The molecule has 0 fully saturated rings. The molecule has 1 aromatic heterocycles. The Hall–Kier alpha value is -2.41. The van der Waals surface area contributed by atoms with Crippen molar-refractivity contribution in [3.8, 4) is 0 Å². The number of aromatic nitrogens is 1. The minimum absolute atomic E-state index is 0.138. The molecular weight excluding hydrogens is 375 g/mol. The minimum Gasteiger partial charge on any atom is -0.387 e. The molecule has 0 aromatic carbocycles. The number of aliphatic imine (C=N–C) groups is 1. The normalized spacial score (nSPS) is 23.2. The van der Waals surface area contributed by atoms with Crippen LogP contribution in [0.2, 0.25) is 0 Å². The van der Waals surface area contributed by atoms with Crippen molar-refractivity contribution >= 4 is 23.5 Å². The number of carbonyl (C=O) groups is 1. The molecule has 0 saturated heterocycles. The number of rotatable bonds is 6. The van der Waals surface area contributed by atoms with Gasteiger partial charge in [0.25, 0.3) is 5.91 Å². The maximum atomic E-state index is 13.0. The van der Waals surface area contributed by atoms with Crippen LogP contribution in [0.4, 0.5) is 4.39 Å². The lowest BCUT2D eigenvalue weighted by atomic mass is 9.88. The molecule has 2 rings (SSSR count). The van der Waals surface area contributed by atoms with Crippen LogP contribution < -0.4 is 11.1 Å². The number of pyridine rings is 1. The van der Waals surface area contributed by atoms with Gasteiger partial charge in [0, 0.05) is 11.4 Å². The van der Waals surface area contributed by atoms with Crippen LogP contribution in [0.3, 0.4) is 0 Å². The van der Waals surface area contributed by atoms with Gasteiger partial charge in [-0.3, -0.25) is 9.79 Å². The lowest BCUT2D eigenvalue weighted by Crippen LogP contribution is -2.41. The summed E-state index contributed by atoms with van der Waals surface area (Å²) in [7, 11) is 0. The Bertz CT molecular complexity index is 844. The average Bonchev–Trinajstić information content (AvgIpc) is 2.65. The van der Waals surface area contributed by atoms with Crippen LogP contribution in [0.15, 0.2) is 58.9 Å². The Morgan fingerprint density at radius 3 is 2.75 bits per heavy atom. The van der Waals surface area contributed by atoms with Crippen molar-refractivity contribution in [3.63, 3.8) is 0 Å². The number of nitrogens with one attached hydrogen (secondary N) is 1. The molecule has 0 spiro atoms. The summed E-state index contributed by atoms with van der Waals surface area (Å²) in [6.45, 7) is 11.9. The second kappa shape index (κ2) is 9.19. The lowest BCUT2D eigenvalue weighted by molar-refractivity contribution is 0.0962. The summed E-state index contributed by atoms with van der Waals surface area (Å²) in [4.78, 5) is 21.0. The largest absolute Gasteiger partial charge is 0.387 e. The second-order valence-corrected chi connectivity index (χ2v) is 8.11. The fraction of sp³-hybridized carbons (Fsp3) is 0.381. The molecule has 5 nitrogen and oxygen atoms in total. The van der Waals surface area contributed by atoms with Crippen LogP contribution in [-0.2, 0) is 0 Å². The SMILES string of the molecule is C=C(C)/C(=C\C(=C/C)NC(=O)c1ccc(F)cn1)[C@]1(C)CSC(CC)C(N)=N1. The summed E-state index contributed by atoms with van der Waals surface area (Å²) in [5.74, 6) is 0.503. The molecule has 150 valence electrons. The van der Waals surface area contributed by atoms with Gasteiger partial charge in [-0.1, -0.05) is 25.2 Å². The van der Waals surface area contributed by atoms with Crippen LogP contribution in [0.25, 0.3) is 0 Å². The molecule has 1 aliphatic heterocycles. The minimum atomic E-state index is -0.528. The van der Waals surface area contributed by atoms with E-state index in [0.29, 0.717) is 11.5 Å². The monoisotopic (exact) mass is 402 g/mol. The number of nitrogens with two attached hydrogens (primary N) is 1. The Balaban J connectivity index is 2.31. The Morgan fingerprint density at radius 2 is 2.25 bits per heavy atom. The van der Waals surface area contributed by atoms with Crippen molar-refractivity contribution in [1.82, 2.24) is 10.3 Å². The van der Waals surface area contributed by atoms with Crippen LogP contribution in [0, 0.1) is 5.82 Å². The van der Waals surface area contributed by atoms with Gasteiger partial charge < -0.3 is 11.1 Å². The second-order valence-electron chi connectivity index (χ2n) is 6.92. The van der Waals surface area contributed by atoms with Crippen molar-refractivity contribution in [1.29, 1.82) is 0 Å². The first kappa shape index (κ1) is 21.9. The molecule has 0 bridgehead atoms. The Labute approximate surface area is 170 Å². The molecule has 1 aliphatic rings. The summed E-state index contributed by atoms with van der Waals surface area (Å²) in [6.07, 6.45) is 5.60. The van der Waals surface area contributed by atoms with E-state index in [2.05, 4.69) is 23.8 Å². The van der Waals surface area contributed by atoms with Crippen molar-refractivity contribution in [2.75, 3.05) is 5.75 Å². The predicted octanol–water partition coefficient (Wildman–Crippen LogP) is 4.00. The van der Waals surface area contributed by atoms with Gasteiger partial charge in [-0.25, -0.2) is 9.37 Å². The molecule has 28 heavy (non-hydrogen) atoms. The molecule has 0 saturated carbocycles. The van der Waals surface area contributed by atoms with Crippen molar-refractivity contribution in [3.05, 3.63) is 65.4 Å². The average molecular weight is 403 g/mol. The van der Waals surface area contributed by atoms with Crippen molar-refractivity contribution in [2.24, 2.45) is 10.7 Å². The lowest BCUT2D eigenvalue weighted by Gasteiger charge is -2.35. The van der Waals surface area contributed by atoms with E-state index in [0.717, 1.165) is 29.5 Å². The molecule has 0 radical (unpaired) electrons. The maximum absolute atomic E-state index is 13.0. The molecule has 1 amide bonds. The summed E-state index contributed by atoms with van der Waals surface area (Å²) in [6, 6.07) is 2.55. The number of amidine groups is 1. The van der Waals surface area contributed by atoms with Crippen LogP contribution in [0.1, 0.15) is 44.6 Å². The number of thioether (sulfide) groups is 1. The maximum Gasteiger partial charge on any atom is 0.274 e. The Kier molecular flexibility index (Phi) is 7.18. The third kappa shape index (κ3) is 5.10. The predicted molar refractivity (Wildman–Crippen MR) is 115 cm³/mol. The number of nitrogens with zero attached hydrogens (tertiary/aromatic N) is 2. The third-order valence-corrected chi connectivity index (χ3v) is 6.22. The van der Waals surface area contributed by atoms with Crippen molar-refractivity contribution < 1.29 is 9.18 Å². The van der Waals surface area contributed by atoms with E-state index in [1.165, 1.54) is 12.1 Å². The summed E-state index contributed by atoms with van der Waals surface area (Å²) in [5, 5.41) is 3.04. The van der Waals surface area contributed by atoms with Crippen LogP contribution in [-0.4, -0.2) is 33.3 Å². The van der Waals surface area contributed by atoms with E-state index in [9.17, 15) is 9.18 Å². The first-order valence-electron chi connectivity index (χ1n) is 9.14. The Morgan fingerprint density at radius 1 is 1.54 bits per heavy atom. The third-order valence-electron chi connectivity index (χ3n) is 4.51. The first-order valence-corrected chi connectivity index (χ1v) is 10.2. The number of amides is 1. The molecule has 1 unspecified atom stereocenters. The highest BCUT2D eigenvalue weighted by molar-refractivity contribution is 8.00. The number of allylic oxidation sites excluding steroid dienone is 2. The van der Waals surface area contributed by atoms with Gasteiger partial charge in [-0.2, -0.15) is 0 Å². The molecule has 1 aromatic rings. The van der Waals surface area contributed by atoms with Crippen molar-refractivity contribution in [2.45, 2.75) is 44.9 Å². The number of carbonyl (C=O) groups excluding carboxylic acids is 1. The van der Waals surface area contributed by atoms with Crippen LogP contribution >= 0.6 is 11.8 Å². The number of hydrogen-bond donors (Lipinski definition) is 2. The van der Waals surface area contributed by atoms with Gasteiger partial charge in [0.05, 0.1) is 17.0 Å². The van der Waals surface area contributed by atoms with E-state index >= 15 is 0 Å². The topological polar surface area (TPSA) is 80.4 Å². The quantitative estimate of drug-likeness (QED) is 0.705. The van der Waals surface area contributed by atoms with Gasteiger partial charge >= 0.3 is 0 Å². The standard InChI is InChI=1S/C21H27FN4OS/c1-6-15(25-20(27)17-9-8-14(22)11-24-17)10-16(13(3)4)21(5)12-28-18(7-2)19(23)26-21/h6,8-11,18H,3,7,12H2,1-2,4-5H3,(H2,23,26)(H,25,27)/b15-6+,16-10+/t18?,21-/m0/s1. The zero-order valence-corrected chi connectivity index (χ0v) is 17.6. The van der Waals surface area contributed by atoms with Gasteiger partial charge in [-0.15, -0.1) is 11.8 Å². The molecule has 0 aliphatic carbocycles. The fourth-order valence-corrected chi connectivity index (χ4v) is 4.20. The smallest absolute Gasteiger partial charge is 0.274 e. The first-order chi connectivity index (χ1) is 13.2. The summed E-state index contributed by atoms with van der Waals surface area (Å²) < 4.78 is 13.0. The zero-order chi connectivity index (χ0) is 20.9. The van der Waals surface area contributed by atoms with E-state index in [1.807, 2.05) is 26.8 Å². The number of halogens is 1. The zero-order valence-electron chi connectivity index (χ0n) is 16.8. The van der Waals surface area contributed by atoms with Gasteiger partial charge in [0.1, 0.15) is 17.3 Å². The number of hydrogen-bond acceptors (Lipinski definition) is 5. The molecule has 3 N–H and O–H groups in total. The van der Waals surface area contributed by atoms with E-state index in [-0.39, 0.29) is 10.9 Å². The molecule has 7 heteroatoms. The highest BCUT2D eigenvalue weighted by Gasteiger charge is 2.35. The summed E-state index contributed by atoms with van der Waals surface area (Å²) >= 11 is 1.78. The van der Waals surface area contributed by atoms with E-state index in [1.54, 1.807) is 17.8 Å². The van der Waals surface area contributed by atoms with Crippen LogP contribution in [0.5, 0.6) is 0 Å².